The van der Waals surface area contributed by atoms with Crippen molar-refractivity contribution < 1.29 is 22.7 Å². The summed E-state index contributed by atoms with van der Waals surface area (Å²) in [6.07, 6.45) is -3.21. The van der Waals surface area contributed by atoms with Gasteiger partial charge in [0.1, 0.15) is 5.75 Å². The molecule has 0 radical (unpaired) electrons. The van der Waals surface area contributed by atoms with Crippen LogP contribution >= 0.6 is 0 Å². The van der Waals surface area contributed by atoms with Gasteiger partial charge >= 0.3 is 12.4 Å². The van der Waals surface area contributed by atoms with E-state index in [1.807, 2.05) is 6.92 Å². The fourth-order valence-electron chi connectivity index (χ4n) is 1.60. The maximum Gasteiger partial charge on any atom is 0.573 e. The summed E-state index contributed by atoms with van der Waals surface area (Å²) in [6.45, 7) is 5.72. The zero-order chi connectivity index (χ0) is 15.9. The smallest absolute Gasteiger partial charge is 0.406 e. The molecule has 0 atom stereocenters. The van der Waals surface area contributed by atoms with E-state index in [9.17, 15) is 18.0 Å². The molecule has 0 bridgehead atoms. The number of allylic oxidation sites excluding steroid dienone is 1. The Morgan fingerprint density at radius 3 is 2.71 bits per heavy atom. The lowest BCUT2D eigenvalue weighted by Gasteiger charge is -2.11. The maximum atomic E-state index is 12.1. The van der Waals surface area contributed by atoms with Crippen molar-refractivity contribution in [3.05, 3.63) is 42.1 Å². The average molecular weight is 302 g/mol. The molecule has 116 valence electrons. The first-order valence-electron chi connectivity index (χ1n) is 6.37. The van der Waals surface area contributed by atoms with Crippen LogP contribution in [0.4, 0.5) is 18.0 Å². The Morgan fingerprint density at radius 1 is 1.38 bits per heavy atom. The first-order chi connectivity index (χ1) is 9.80. The Kier molecular flexibility index (Phi) is 6.08. The number of halogens is 3. The first-order valence-corrected chi connectivity index (χ1v) is 6.37. The van der Waals surface area contributed by atoms with E-state index in [1.165, 1.54) is 18.2 Å². The SMILES string of the molecule is C=C(CCC)NC(=O)NCc1cccc(OC(F)(F)F)c1. The van der Waals surface area contributed by atoms with E-state index in [0.29, 0.717) is 17.7 Å². The highest BCUT2D eigenvalue weighted by molar-refractivity contribution is 5.75. The number of carbonyl (C=O) groups is 1. The number of rotatable bonds is 6. The van der Waals surface area contributed by atoms with Crippen molar-refractivity contribution in [3.8, 4) is 5.75 Å². The zero-order valence-electron chi connectivity index (χ0n) is 11.6. The minimum atomic E-state index is -4.73. The summed E-state index contributed by atoms with van der Waals surface area (Å²) in [5.74, 6) is -0.322. The molecule has 2 N–H and O–H groups in total. The van der Waals surface area contributed by atoms with Gasteiger partial charge in [0.15, 0.2) is 0 Å². The van der Waals surface area contributed by atoms with Gasteiger partial charge in [0, 0.05) is 12.2 Å². The lowest BCUT2D eigenvalue weighted by atomic mass is 10.2. The zero-order valence-corrected chi connectivity index (χ0v) is 11.6. The van der Waals surface area contributed by atoms with E-state index in [-0.39, 0.29) is 12.3 Å². The van der Waals surface area contributed by atoms with Gasteiger partial charge in [-0.25, -0.2) is 4.79 Å². The van der Waals surface area contributed by atoms with E-state index in [0.717, 1.165) is 6.42 Å². The number of nitrogens with one attached hydrogen (secondary N) is 2. The van der Waals surface area contributed by atoms with E-state index in [2.05, 4.69) is 21.9 Å². The van der Waals surface area contributed by atoms with Crippen molar-refractivity contribution >= 4 is 6.03 Å². The third-order valence-electron chi connectivity index (χ3n) is 2.43. The van der Waals surface area contributed by atoms with Crippen LogP contribution in [0.15, 0.2) is 36.5 Å². The van der Waals surface area contributed by atoms with Crippen LogP contribution in [0.5, 0.6) is 5.75 Å². The van der Waals surface area contributed by atoms with Gasteiger partial charge in [0.25, 0.3) is 0 Å². The van der Waals surface area contributed by atoms with Crippen LogP contribution in [0.1, 0.15) is 25.3 Å². The lowest BCUT2D eigenvalue weighted by Crippen LogP contribution is -2.34. The van der Waals surface area contributed by atoms with Gasteiger partial charge in [-0.3, -0.25) is 0 Å². The van der Waals surface area contributed by atoms with Crippen LogP contribution in [0.2, 0.25) is 0 Å². The summed E-state index contributed by atoms with van der Waals surface area (Å²) >= 11 is 0. The minimum Gasteiger partial charge on any atom is -0.406 e. The molecule has 0 aliphatic rings. The van der Waals surface area contributed by atoms with Gasteiger partial charge in [-0.1, -0.05) is 32.1 Å². The Hall–Kier alpha value is -2.18. The van der Waals surface area contributed by atoms with Gasteiger partial charge in [-0.2, -0.15) is 0 Å². The molecule has 0 saturated carbocycles. The molecule has 7 heteroatoms. The standard InChI is InChI=1S/C14H17F3N2O2/c1-3-5-10(2)19-13(20)18-9-11-6-4-7-12(8-11)21-14(15,16)17/h4,6-8H,2-3,5,9H2,1H3,(H2,18,19,20). The quantitative estimate of drug-likeness (QED) is 0.842. The Bertz CT molecular complexity index is 501. The topological polar surface area (TPSA) is 50.4 Å². The van der Waals surface area contributed by atoms with Gasteiger partial charge in [-0.15, -0.1) is 13.2 Å². The Labute approximate surface area is 121 Å². The highest BCUT2D eigenvalue weighted by atomic mass is 19.4. The summed E-state index contributed by atoms with van der Waals surface area (Å²) in [5.41, 5.74) is 1.08. The molecule has 0 aliphatic carbocycles. The van der Waals surface area contributed by atoms with Crippen LogP contribution in [0.3, 0.4) is 0 Å². The fourth-order valence-corrected chi connectivity index (χ4v) is 1.60. The molecule has 1 aromatic carbocycles. The highest BCUT2D eigenvalue weighted by Gasteiger charge is 2.31. The second-order valence-corrected chi connectivity index (χ2v) is 4.36. The Balaban J connectivity index is 2.50. The molecule has 0 heterocycles. The summed E-state index contributed by atoms with van der Waals surface area (Å²) in [5, 5.41) is 5.08. The van der Waals surface area contributed by atoms with E-state index in [1.54, 1.807) is 6.07 Å². The summed E-state index contributed by atoms with van der Waals surface area (Å²) in [6, 6.07) is 4.97. The second-order valence-electron chi connectivity index (χ2n) is 4.36. The number of benzene rings is 1. The molecule has 0 spiro atoms. The number of carbonyl (C=O) groups excluding carboxylic acids is 1. The second kappa shape index (κ2) is 7.56. The molecule has 0 fully saturated rings. The third kappa shape index (κ3) is 7.24. The van der Waals surface area contributed by atoms with Gasteiger partial charge < -0.3 is 15.4 Å². The van der Waals surface area contributed by atoms with E-state index < -0.39 is 12.4 Å². The predicted molar refractivity (Wildman–Crippen MR) is 72.5 cm³/mol. The average Bonchev–Trinajstić information content (AvgIpc) is 2.35. The number of amides is 2. The van der Waals surface area contributed by atoms with Crippen LogP contribution in [-0.2, 0) is 6.54 Å². The molecule has 0 aliphatic heterocycles. The molecule has 0 aromatic heterocycles. The van der Waals surface area contributed by atoms with E-state index in [4.69, 9.17) is 0 Å². The van der Waals surface area contributed by atoms with Crippen molar-refractivity contribution in [1.29, 1.82) is 0 Å². The van der Waals surface area contributed by atoms with Crippen LogP contribution < -0.4 is 15.4 Å². The third-order valence-corrected chi connectivity index (χ3v) is 2.43. The van der Waals surface area contributed by atoms with Gasteiger partial charge in [-0.05, 0) is 24.1 Å². The van der Waals surface area contributed by atoms with Crippen molar-refractivity contribution in [2.45, 2.75) is 32.7 Å². The van der Waals surface area contributed by atoms with Gasteiger partial charge in [0.2, 0.25) is 0 Å². The number of alkyl halides is 3. The fraction of sp³-hybridized carbons (Fsp3) is 0.357. The van der Waals surface area contributed by atoms with Crippen LogP contribution in [-0.4, -0.2) is 12.4 Å². The molecule has 1 aromatic rings. The normalized spacial score (nSPS) is 10.9. The lowest BCUT2D eigenvalue weighted by molar-refractivity contribution is -0.274. The monoisotopic (exact) mass is 302 g/mol. The molecule has 2 amide bonds. The summed E-state index contributed by atoms with van der Waals surface area (Å²) in [4.78, 5) is 11.5. The Morgan fingerprint density at radius 2 is 2.10 bits per heavy atom. The predicted octanol–water partition coefficient (Wildman–Crippen LogP) is 3.70. The molecule has 21 heavy (non-hydrogen) atoms. The molecular weight excluding hydrogens is 285 g/mol. The molecule has 1 rings (SSSR count). The number of hydrogen-bond donors (Lipinski definition) is 2. The molecular formula is C14H17F3N2O2. The summed E-state index contributed by atoms with van der Waals surface area (Å²) < 4.78 is 40.1. The van der Waals surface area contributed by atoms with Gasteiger partial charge in [0.05, 0.1) is 0 Å². The number of hydrogen-bond acceptors (Lipinski definition) is 2. The highest BCUT2D eigenvalue weighted by Crippen LogP contribution is 2.23. The summed E-state index contributed by atoms with van der Waals surface area (Å²) in [7, 11) is 0. The van der Waals surface area contributed by atoms with Crippen LogP contribution in [0, 0.1) is 0 Å². The number of urea groups is 1. The molecule has 4 nitrogen and oxygen atoms in total. The van der Waals surface area contributed by atoms with Crippen molar-refractivity contribution in [1.82, 2.24) is 10.6 Å². The molecule has 0 saturated heterocycles. The largest absolute Gasteiger partial charge is 0.573 e. The van der Waals surface area contributed by atoms with Crippen molar-refractivity contribution in [3.63, 3.8) is 0 Å². The first kappa shape index (κ1) is 16.9. The maximum absolute atomic E-state index is 12.1. The number of ether oxygens (including phenoxy) is 1. The van der Waals surface area contributed by atoms with Crippen molar-refractivity contribution in [2.75, 3.05) is 0 Å². The molecule has 0 unspecified atom stereocenters. The minimum absolute atomic E-state index is 0.0836. The van der Waals surface area contributed by atoms with Crippen molar-refractivity contribution in [2.24, 2.45) is 0 Å². The van der Waals surface area contributed by atoms with E-state index >= 15 is 0 Å². The van der Waals surface area contributed by atoms with Crippen LogP contribution in [0.25, 0.3) is 0 Å².